The van der Waals surface area contributed by atoms with Gasteiger partial charge in [-0.05, 0) is 58.1 Å². The largest absolute Gasteiger partial charge is 0.494 e. The fourth-order valence-corrected chi connectivity index (χ4v) is 2.96. The first kappa shape index (κ1) is 16.0. The number of alkyl halides is 1. The monoisotopic (exact) mass is 306 g/mol. The van der Waals surface area contributed by atoms with E-state index in [-0.39, 0.29) is 6.61 Å². The van der Waals surface area contributed by atoms with E-state index in [2.05, 4.69) is 0 Å². The third kappa shape index (κ3) is 2.39. The summed E-state index contributed by atoms with van der Waals surface area (Å²) < 4.78 is 32.0. The molecule has 120 valence electrons. The van der Waals surface area contributed by atoms with Crippen LogP contribution in [0.25, 0.3) is 0 Å². The maximum absolute atomic E-state index is 14.3. The number of fused-ring (bicyclic) bond motifs is 1. The van der Waals surface area contributed by atoms with Crippen molar-refractivity contribution in [3.05, 3.63) is 29.3 Å². The Labute approximate surface area is 132 Å². The fourth-order valence-electron chi connectivity index (χ4n) is 2.96. The molecular formula is C17H24BFO3. The van der Waals surface area contributed by atoms with Crippen molar-refractivity contribution in [1.29, 1.82) is 0 Å². The summed E-state index contributed by atoms with van der Waals surface area (Å²) in [6.07, 6.45) is -1.11. The van der Waals surface area contributed by atoms with Crippen LogP contribution in [0.4, 0.5) is 4.39 Å². The molecule has 5 heteroatoms. The van der Waals surface area contributed by atoms with E-state index in [1.165, 1.54) is 0 Å². The van der Waals surface area contributed by atoms with Crippen LogP contribution < -0.4 is 5.46 Å². The Bertz CT molecular complexity index is 582. The summed E-state index contributed by atoms with van der Waals surface area (Å²) in [6, 6.07) is 5.75. The molecular weight excluding hydrogens is 282 g/mol. The number of halogens is 1. The Morgan fingerprint density at radius 3 is 2.23 bits per heavy atom. The van der Waals surface area contributed by atoms with E-state index in [1.54, 1.807) is 0 Å². The summed E-state index contributed by atoms with van der Waals surface area (Å²) in [6.45, 7) is 12.1. The second-order valence-electron chi connectivity index (χ2n) is 7.72. The SMILES string of the molecule is CC1(C)OCC(F)c2cc(B3OC(C)(C)C(C)(C)O3)ccc21. The van der Waals surface area contributed by atoms with Crippen LogP contribution in [-0.4, -0.2) is 24.9 Å². The van der Waals surface area contributed by atoms with Gasteiger partial charge in [0.2, 0.25) is 0 Å². The molecule has 1 fully saturated rings. The highest BCUT2D eigenvalue weighted by molar-refractivity contribution is 6.62. The van der Waals surface area contributed by atoms with Crippen LogP contribution in [0.2, 0.25) is 0 Å². The van der Waals surface area contributed by atoms with Gasteiger partial charge in [0.1, 0.15) is 6.17 Å². The van der Waals surface area contributed by atoms with E-state index in [9.17, 15) is 4.39 Å². The third-order valence-corrected chi connectivity index (χ3v) is 5.18. The summed E-state index contributed by atoms with van der Waals surface area (Å²) in [7, 11) is -0.464. The molecule has 0 amide bonds. The van der Waals surface area contributed by atoms with E-state index in [0.29, 0.717) is 5.56 Å². The van der Waals surface area contributed by atoms with Gasteiger partial charge in [0, 0.05) is 0 Å². The van der Waals surface area contributed by atoms with Crippen LogP contribution in [0.5, 0.6) is 0 Å². The van der Waals surface area contributed by atoms with E-state index in [1.807, 2.05) is 59.7 Å². The minimum Gasteiger partial charge on any atom is -0.399 e. The van der Waals surface area contributed by atoms with Crippen LogP contribution >= 0.6 is 0 Å². The summed E-state index contributed by atoms with van der Waals surface area (Å²) in [4.78, 5) is 0. The first-order valence-corrected chi connectivity index (χ1v) is 7.81. The van der Waals surface area contributed by atoms with E-state index < -0.39 is 30.1 Å². The summed E-state index contributed by atoms with van der Waals surface area (Å²) in [5.41, 5.74) is 1.18. The lowest BCUT2D eigenvalue weighted by atomic mass is 9.75. The number of benzene rings is 1. The van der Waals surface area contributed by atoms with Gasteiger partial charge in [0.15, 0.2) is 0 Å². The molecule has 1 atom stereocenters. The molecule has 0 radical (unpaired) electrons. The summed E-state index contributed by atoms with van der Waals surface area (Å²) in [5, 5.41) is 0. The topological polar surface area (TPSA) is 27.7 Å². The van der Waals surface area contributed by atoms with Gasteiger partial charge < -0.3 is 14.0 Å². The molecule has 1 unspecified atom stereocenters. The number of hydrogen-bond donors (Lipinski definition) is 0. The first-order valence-electron chi connectivity index (χ1n) is 7.81. The second-order valence-corrected chi connectivity index (χ2v) is 7.72. The minimum absolute atomic E-state index is 0.0901. The lowest BCUT2D eigenvalue weighted by molar-refractivity contribution is -0.0628. The molecule has 1 aromatic rings. The highest BCUT2D eigenvalue weighted by Crippen LogP contribution is 2.39. The standard InChI is InChI=1S/C17H24BFO3/c1-15(2)13-8-7-11(9-12(13)14(19)10-20-15)18-21-16(3,4)17(5,6)22-18/h7-9,14H,10H2,1-6H3. The smallest absolute Gasteiger partial charge is 0.399 e. The number of rotatable bonds is 1. The second kappa shape index (κ2) is 4.79. The highest BCUT2D eigenvalue weighted by Gasteiger charge is 2.52. The Morgan fingerprint density at radius 1 is 1.05 bits per heavy atom. The quantitative estimate of drug-likeness (QED) is 0.745. The first-order chi connectivity index (χ1) is 10.0. The van der Waals surface area contributed by atoms with Gasteiger partial charge in [0.25, 0.3) is 0 Å². The average Bonchev–Trinajstić information content (AvgIpc) is 2.63. The van der Waals surface area contributed by atoms with Crippen molar-refractivity contribution in [3.63, 3.8) is 0 Å². The zero-order chi connectivity index (χ0) is 16.3. The van der Waals surface area contributed by atoms with Crippen molar-refractivity contribution < 1.29 is 18.4 Å². The van der Waals surface area contributed by atoms with Crippen molar-refractivity contribution in [3.8, 4) is 0 Å². The predicted octanol–water partition coefficient (Wildman–Crippen LogP) is 3.26. The predicted molar refractivity (Wildman–Crippen MR) is 85.0 cm³/mol. The van der Waals surface area contributed by atoms with Gasteiger partial charge in [-0.1, -0.05) is 18.2 Å². The van der Waals surface area contributed by atoms with Gasteiger partial charge in [0.05, 0.1) is 23.4 Å². The van der Waals surface area contributed by atoms with Crippen molar-refractivity contribution in [2.45, 2.75) is 64.5 Å². The third-order valence-electron chi connectivity index (χ3n) is 5.18. The summed E-state index contributed by atoms with van der Waals surface area (Å²) >= 11 is 0. The Balaban J connectivity index is 1.97. The Hall–Kier alpha value is -0.905. The molecule has 22 heavy (non-hydrogen) atoms. The number of ether oxygens (including phenoxy) is 1. The molecule has 0 N–H and O–H groups in total. The highest BCUT2D eigenvalue weighted by atomic mass is 19.1. The Kier molecular flexibility index (Phi) is 3.48. The van der Waals surface area contributed by atoms with Crippen molar-refractivity contribution in [2.24, 2.45) is 0 Å². The van der Waals surface area contributed by atoms with E-state index in [4.69, 9.17) is 14.0 Å². The molecule has 1 saturated heterocycles. The number of hydrogen-bond acceptors (Lipinski definition) is 3. The van der Waals surface area contributed by atoms with Crippen molar-refractivity contribution >= 4 is 12.6 Å². The van der Waals surface area contributed by atoms with Crippen molar-refractivity contribution in [2.75, 3.05) is 6.61 Å². The van der Waals surface area contributed by atoms with Crippen LogP contribution in [0.15, 0.2) is 18.2 Å². The lowest BCUT2D eigenvalue weighted by Crippen LogP contribution is -2.41. The van der Waals surface area contributed by atoms with E-state index in [0.717, 1.165) is 11.0 Å². The maximum Gasteiger partial charge on any atom is 0.494 e. The minimum atomic E-state index is -1.11. The molecule has 2 aliphatic heterocycles. The fraction of sp³-hybridized carbons (Fsp3) is 0.647. The van der Waals surface area contributed by atoms with Gasteiger partial charge in [-0.2, -0.15) is 0 Å². The van der Waals surface area contributed by atoms with Crippen LogP contribution in [-0.2, 0) is 19.6 Å². The van der Waals surface area contributed by atoms with Crippen LogP contribution in [0.3, 0.4) is 0 Å². The maximum atomic E-state index is 14.3. The van der Waals surface area contributed by atoms with E-state index >= 15 is 0 Å². The lowest BCUT2D eigenvalue weighted by Gasteiger charge is -2.35. The zero-order valence-corrected chi connectivity index (χ0v) is 14.2. The molecule has 2 heterocycles. The molecule has 2 aliphatic rings. The molecule has 0 aromatic heterocycles. The molecule has 0 spiro atoms. The van der Waals surface area contributed by atoms with Crippen LogP contribution in [0.1, 0.15) is 58.8 Å². The molecule has 3 nitrogen and oxygen atoms in total. The van der Waals surface area contributed by atoms with Crippen LogP contribution in [0, 0.1) is 0 Å². The molecule has 0 bridgehead atoms. The van der Waals surface area contributed by atoms with Gasteiger partial charge in [-0.3, -0.25) is 0 Å². The van der Waals surface area contributed by atoms with Gasteiger partial charge in [-0.15, -0.1) is 0 Å². The van der Waals surface area contributed by atoms with Gasteiger partial charge in [-0.25, -0.2) is 4.39 Å². The average molecular weight is 306 g/mol. The van der Waals surface area contributed by atoms with Gasteiger partial charge >= 0.3 is 7.12 Å². The Morgan fingerprint density at radius 2 is 1.64 bits per heavy atom. The molecule has 0 aliphatic carbocycles. The molecule has 0 saturated carbocycles. The normalized spacial score (nSPS) is 28.5. The molecule has 3 rings (SSSR count). The molecule has 1 aromatic carbocycles. The van der Waals surface area contributed by atoms with Crippen molar-refractivity contribution in [1.82, 2.24) is 0 Å². The zero-order valence-electron chi connectivity index (χ0n) is 14.2. The summed E-state index contributed by atoms with van der Waals surface area (Å²) in [5.74, 6) is 0.